The van der Waals surface area contributed by atoms with Crippen LogP contribution in [0.3, 0.4) is 0 Å². The topological polar surface area (TPSA) is 84.1 Å². The van der Waals surface area contributed by atoms with E-state index in [0.29, 0.717) is 25.2 Å². The molecule has 0 aliphatic carbocycles. The number of amides is 1. The summed E-state index contributed by atoms with van der Waals surface area (Å²) < 4.78 is 32.4. The SMILES string of the molecule is O=C(NC[C@@H](c1ccco1)[NH+]1CCCC1)c1ccc(S(=O)(=O)N2CCCC2)cc1. The van der Waals surface area contributed by atoms with Gasteiger partial charge < -0.3 is 14.6 Å². The monoisotopic (exact) mass is 418 g/mol. The molecule has 0 saturated carbocycles. The van der Waals surface area contributed by atoms with Crippen molar-refractivity contribution in [3.05, 3.63) is 54.0 Å². The molecule has 1 atom stereocenters. The van der Waals surface area contributed by atoms with E-state index in [0.717, 1.165) is 31.7 Å². The maximum absolute atomic E-state index is 12.6. The highest BCUT2D eigenvalue weighted by Crippen LogP contribution is 2.21. The first-order chi connectivity index (χ1) is 14.1. The summed E-state index contributed by atoms with van der Waals surface area (Å²) in [4.78, 5) is 14.3. The Hall–Kier alpha value is -2.16. The van der Waals surface area contributed by atoms with Crippen LogP contribution in [0.4, 0.5) is 0 Å². The number of hydrogen-bond donors (Lipinski definition) is 2. The van der Waals surface area contributed by atoms with E-state index in [9.17, 15) is 13.2 Å². The fourth-order valence-corrected chi connectivity index (χ4v) is 5.78. The minimum absolute atomic E-state index is 0.0891. The highest BCUT2D eigenvalue weighted by molar-refractivity contribution is 7.89. The van der Waals surface area contributed by atoms with Crippen LogP contribution in [0.1, 0.15) is 47.8 Å². The molecule has 8 heteroatoms. The van der Waals surface area contributed by atoms with E-state index in [1.54, 1.807) is 18.4 Å². The maximum Gasteiger partial charge on any atom is 0.251 e. The molecule has 156 valence electrons. The summed E-state index contributed by atoms with van der Waals surface area (Å²) in [5, 5.41) is 3.00. The first kappa shape index (κ1) is 20.1. The Labute approximate surface area is 171 Å². The second-order valence-corrected chi connectivity index (χ2v) is 9.72. The van der Waals surface area contributed by atoms with Crippen LogP contribution in [0.5, 0.6) is 0 Å². The molecule has 0 radical (unpaired) electrons. The molecule has 4 rings (SSSR count). The van der Waals surface area contributed by atoms with E-state index >= 15 is 0 Å². The fraction of sp³-hybridized carbons (Fsp3) is 0.476. The Morgan fingerprint density at radius 3 is 2.38 bits per heavy atom. The molecular formula is C21H28N3O4S+. The standard InChI is InChI=1S/C21H27N3O4S/c25-21(22-16-19(20-6-5-15-28-20)23-11-1-2-12-23)17-7-9-18(10-8-17)29(26,27)24-13-3-4-14-24/h5-10,15,19H,1-4,11-14,16H2,(H,22,25)/p+1/t19-/m0/s1. The Balaban J connectivity index is 1.41. The van der Waals surface area contributed by atoms with Gasteiger partial charge in [0.25, 0.3) is 5.91 Å². The van der Waals surface area contributed by atoms with Gasteiger partial charge in [0.1, 0.15) is 0 Å². The van der Waals surface area contributed by atoms with Gasteiger partial charge >= 0.3 is 0 Å². The van der Waals surface area contributed by atoms with Crippen LogP contribution in [0, 0.1) is 0 Å². The lowest BCUT2D eigenvalue weighted by atomic mass is 10.1. The number of hydrogen-bond acceptors (Lipinski definition) is 4. The number of carbonyl (C=O) groups excluding carboxylic acids is 1. The minimum Gasteiger partial charge on any atom is -0.463 e. The van der Waals surface area contributed by atoms with Gasteiger partial charge in [0.15, 0.2) is 11.8 Å². The smallest absolute Gasteiger partial charge is 0.251 e. The number of quaternary nitrogens is 1. The Bertz CT molecular complexity index is 913. The van der Waals surface area contributed by atoms with Crippen molar-refractivity contribution in [3.8, 4) is 0 Å². The quantitative estimate of drug-likeness (QED) is 0.708. The predicted molar refractivity (Wildman–Crippen MR) is 108 cm³/mol. The van der Waals surface area contributed by atoms with Crippen molar-refractivity contribution >= 4 is 15.9 Å². The second-order valence-electron chi connectivity index (χ2n) is 7.78. The molecule has 2 aliphatic heterocycles. The van der Waals surface area contributed by atoms with E-state index in [-0.39, 0.29) is 16.8 Å². The van der Waals surface area contributed by atoms with Gasteiger partial charge in [0.05, 0.1) is 30.8 Å². The van der Waals surface area contributed by atoms with Crippen molar-refractivity contribution in [2.75, 3.05) is 32.7 Å². The van der Waals surface area contributed by atoms with Gasteiger partial charge in [0.2, 0.25) is 10.0 Å². The van der Waals surface area contributed by atoms with Gasteiger partial charge in [-0.3, -0.25) is 4.79 Å². The second kappa shape index (κ2) is 8.69. The molecule has 3 heterocycles. The van der Waals surface area contributed by atoms with Crippen molar-refractivity contribution in [1.82, 2.24) is 9.62 Å². The largest absolute Gasteiger partial charge is 0.463 e. The number of rotatable bonds is 7. The third-order valence-electron chi connectivity index (χ3n) is 5.91. The zero-order valence-corrected chi connectivity index (χ0v) is 17.3. The van der Waals surface area contributed by atoms with Crippen molar-refractivity contribution in [1.29, 1.82) is 0 Å². The van der Waals surface area contributed by atoms with Crippen LogP contribution in [-0.4, -0.2) is 51.4 Å². The molecular weight excluding hydrogens is 390 g/mol. The number of furan rings is 1. The lowest BCUT2D eigenvalue weighted by Gasteiger charge is -2.23. The van der Waals surface area contributed by atoms with Gasteiger partial charge in [-0.1, -0.05) is 0 Å². The minimum atomic E-state index is -3.46. The predicted octanol–water partition coefficient (Wildman–Crippen LogP) is 1.21. The van der Waals surface area contributed by atoms with E-state index < -0.39 is 10.0 Å². The molecule has 1 amide bonds. The Morgan fingerprint density at radius 1 is 1.07 bits per heavy atom. The van der Waals surface area contributed by atoms with Crippen molar-refractivity contribution in [2.24, 2.45) is 0 Å². The number of sulfonamides is 1. The maximum atomic E-state index is 12.6. The number of nitrogens with zero attached hydrogens (tertiary/aromatic N) is 1. The average molecular weight is 419 g/mol. The van der Waals surface area contributed by atoms with Gasteiger partial charge in [-0.25, -0.2) is 8.42 Å². The van der Waals surface area contributed by atoms with Crippen LogP contribution in [0.25, 0.3) is 0 Å². The van der Waals surface area contributed by atoms with Crippen LogP contribution in [-0.2, 0) is 10.0 Å². The molecule has 1 aromatic heterocycles. The number of nitrogens with one attached hydrogen (secondary N) is 2. The third kappa shape index (κ3) is 4.39. The molecule has 0 bridgehead atoms. The molecule has 2 aliphatic rings. The molecule has 29 heavy (non-hydrogen) atoms. The lowest BCUT2D eigenvalue weighted by Crippen LogP contribution is -3.11. The number of benzene rings is 1. The normalized spacial score (nSPS) is 19.4. The average Bonchev–Trinajstić information content (AvgIpc) is 3.52. The highest BCUT2D eigenvalue weighted by Gasteiger charge is 2.30. The molecule has 2 aromatic rings. The first-order valence-corrected chi connectivity index (χ1v) is 11.8. The third-order valence-corrected chi connectivity index (χ3v) is 7.82. The molecule has 1 aromatic carbocycles. The first-order valence-electron chi connectivity index (χ1n) is 10.3. The zero-order valence-electron chi connectivity index (χ0n) is 16.5. The van der Waals surface area contributed by atoms with Gasteiger partial charge in [0, 0.05) is 31.5 Å². The van der Waals surface area contributed by atoms with E-state index in [2.05, 4.69) is 5.32 Å². The zero-order chi connectivity index (χ0) is 20.3. The summed E-state index contributed by atoms with van der Waals surface area (Å²) in [6, 6.07) is 10.1. The van der Waals surface area contributed by atoms with E-state index in [1.807, 2.05) is 12.1 Å². The Morgan fingerprint density at radius 2 is 1.76 bits per heavy atom. The number of likely N-dealkylation sites (tertiary alicyclic amines) is 1. The Kier molecular flexibility index (Phi) is 6.03. The van der Waals surface area contributed by atoms with Crippen LogP contribution in [0.15, 0.2) is 52.0 Å². The summed E-state index contributed by atoms with van der Waals surface area (Å²) in [5.74, 6) is 0.680. The highest BCUT2D eigenvalue weighted by atomic mass is 32.2. The summed E-state index contributed by atoms with van der Waals surface area (Å²) >= 11 is 0. The van der Waals surface area contributed by atoms with Gasteiger partial charge in [-0.05, 0) is 49.2 Å². The molecule has 2 fully saturated rings. The summed E-state index contributed by atoms with van der Waals surface area (Å²) in [7, 11) is -3.46. The van der Waals surface area contributed by atoms with Crippen molar-refractivity contribution in [2.45, 2.75) is 36.6 Å². The van der Waals surface area contributed by atoms with Crippen molar-refractivity contribution in [3.63, 3.8) is 0 Å². The summed E-state index contributed by atoms with van der Waals surface area (Å²) in [5.41, 5.74) is 0.458. The molecule has 0 unspecified atom stereocenters. The van der Waals surface area contributed by atoms with Gasteiger partial charge in [-0.15, -0.1) is 0 Å². The lowest BCUT2D eigenvalue weighted by molar-refractivity contribution is -0.919. The van der Waals surface area contributed by atoms with Gasteiger partial charge in [-0.2, -0.15) is 4.31 Å². The summed E-state index contributed by atoms with van der Waals surface area (Å²) in [6.45, 7) is 3.76. The van der Waals surface area contributed by atoms with Crippen LogP contribution >= 0.6 is 0 Å². The molecule has 2 N–H and O–H groups in total. The van der Waals surface area contributed by atoms with Crippen LogP contribution < -0.4 is 10.2 Å². The molecule has 7 nitrogen and oxygen atoms in total. The van der Waals surface area contributed by atoms with E-state index in [4.69, 9.17) is 4.42 Å². The van der Waals surface area contributed by atoms with Crippen LogP contribution in [0.2, 0.25) is 0 Å². The summed E-state index contributed by atoms with van der Waals surface area (Å²) in [6.07, 6.45) is 5.84. The molecule has 2 saturated heterocycles. The van der Waals surface area contributed by atoms with Crippen molar-refractivity contribution < 1.29 is 22.5 Å². The number of carbonyl (C=O) groups is 1. The van der Waals surface area contributed by atoms with E-state index in [1.165, 1.54) is 34.2 Å². The molecule has 0 spiro atoms. The fourth-order valence-electron chi connectivity index (χ4n) is 4.27.